The lowest BCUT2D eigenvalue weighted by molar-refractivity contribution is -0.885. The first-order valence-electron chi connectivity index (χ1n) is 3.44. The predicted octanol–water partition coefficient (Wildman–Crippen LogP) is -2.97. The number of aliphatic hydroxyl groups is 1. The Labute approximate surface area is 69.0 Å². The maximum absolute atomic E-state index is 10.2. The largest absolute Gasteiger partial charge is 0.477 e. The van der Waals surface area contributed by atoms with Crippen LogP contribution in [0.3, 0.4) is 0 Å². The highest BCUT2D eigenvalue weighted by molar-refractivity contribution is 5.69. The molecule has 12 heavy (non-hydrogen) atoms. The fourth-order valence-electron chi connectivity index (χ4n) is 0.825. The van der Waals surface area contributed by atoms with Crippen LogP contribution in [0.2, 0.25) is 0 Å². The van der Waals surface area contributed by atoms with Crippen LogP contribution in [0.25, 0.3) is 0 Å². The minimum atomic E-state index is -1.07. The Morgan fingerprint density at radius 3 is 1.75 bits per heavy atom. The zero-order chi connectivity index (χ0) is 9.56. The van der Waals surface area contributed by atoms with Gasteiger partial charge in [-0.25, -0.2) is 9.59 Å². The van der Waals surface area contributed by atoms with Crippen molar-refractivity contribution < 1.29 is 29.8 Å². The van der Waals surface area contributed by atoms with Gasteiger partial charge in [-0.15, -0.1) is 0 Å². The monoisotopic (exact) mass is 178 g/mol. The second-order valence-electron chi connectivity index (χ2n) is 2.36. The number of hydrogen-bond acceptors (Lipinski definition) is 3. The van der Waals surface area contributed by atoms with Gasteiger partial charge in [0.2, 0.25) is 0 Å². The van der Waals surface area contributed by atoms with E-state index in [1.54, 1.807) is 0 Å². The van der Waals surface area contributed by atoms with E-state index in [1.165, 1.54) is 0 Å². The van der Waals surface area contributed by atoms with Crippen LogP contribution in [-0.4, -0.2) is 53.5 Å². The summed E-state index contributed by atoms with van der Waals surface area (Å²) in [5.74, 6) is -2.14. The standard InChI is InChI=1S/C6H11NO5/c8-2-1-7(3-5(9)10)4-6(11)12/h8H,1-4H2,(H,9,10)(H,11,12)/p+1. The Balaban J connectivity index is 3.85. The van der Waals surface area contributed by atoms with Gasteiger partial charge in [0.15, 0.2) is 13.1 Å². The number of hydrogen-bond donors (Lipinski definition) is 4. The Kier molecular flexibility index (Phi) is 4.98. The summed E-state index contributed by atoms with van der Waals surface area (Å²) in [6.07, 6.45) is 0. The Morgan fingerprint density at radius 2 is 1.50 bits per heavy atom. The van der Waals surface area contributed by atoms with Crippen molar-refractivity contribution in [3.8, 4) is 0 Å². The lowest BCUT2D eigenvalue weighted by Gasteiger charge is -2.12. The van der Waals surface area contributed by atoms with Crippen LogP contribution in [0.5, 0.6) is 0 Å². The number of carbonyl (C=O) groups is 2. The lowest BCUT2D eigenvalue weighted by atomic mass is 10.4. The number of quaternary nitrogens is 1. The van der Waals surface area contributed by atoms with Gasteiger partial charge in [-0.2, -0.15) is 0 Å². The number of nitrogens with one attached hydrogen (secondary N) is 1. The summed E-state index contributed by atoms with van der Waals surface area (Å²) in [5, 5.41) is 25.1. The van der Waals surface area contributed by atoms with Gasteiger partial charge in [0.25, 0.3) is 0 Å². The van der Waals surface area contributed by atoms with E-state index in [4.69, 9.17) is 15.3 Å². The number of carboxylic acid groups (broad SMARTS) is 2. The highest BCUT2D eigenvalue weighted by atomic mass is 16.4. The first-order chi connectivity index (χ1) is 5.56. The summed E-state index contributed by atoms with van der Waals surface area (Å²) in [6, 6.07) is 0. The van der Waals surface area contributed by atoms with Gasteiger partial charge in [-0.1, -0.05) is 0 Å². The molecule has 0 aromatic heterocycles. The van der Waals surface area contributed by atoms with Crippen molar-refractivity contribution in [3.63, 3.8) is 0 Å². The molecule has 0 rings (SSSR count). The van der Waals surface area contributed by atoms with E-state index in [0.717, 1.165) is 0 Å². The molecule has 0 aliphatic rings. The molecule has 6 heteroatoms. The highest BCUT2D eigenvalue weighted by Gasteiger charge is 2.15. The van der Waals surface area contributed by atoms with E-state index in [2.05, 4.69) is 0 Å². The highest BCUT2D eigenvalue weighted by Crippen LogP contribution is 1.58. The Morgan fingerprint density at radius 1 is 1.08 bits per heavy atom. The lowest BCUT2D eigenvalue weighted by Crippen LogP contribution is -3.14. The van der Waals surface area contributed by atoms with Gasteiger partial charge in [0.05, 0.1) is 6.61 Å². The smallest absolute Gasteiger partial charge is 0.359 e. The fourth-order valence-corrected chi connectivity index (χ4v) is 0.825. The summed E-state index contributed by atoms with van der Waals surface area (Å²) < 4.78 is 0. The molecule has 0 aliphatic carbocycles. The molecule has 0 spiro atoms. The van der Waals surface area contributed by atoms with Crippen molar-refractivity contribution >= 4 is 11.9 Å². The van der Waals surface area contributed by atoms with Crippen molar-refractivity contribution in [1.82, 2.24) is 0 Å². The van der Waals surface area contributed by atoms with Crippen LogP contribution >= 0.6 is 0 Å². The van der Waals surface area contributed by atoms with Crippen LogP contribution in [0.15, 0.2) is 0 Å². The van der Waals surface area contributed by atoms with Gasteiger partial charge in [-0.3, -0.25) is 0 Å². The van der Waals surface area contributed by atoms with E-state index in [1.807, 2.05) is 0 Å². The molecule has 0 aliphatic heterocycles. The van der Waals surface area contributed by atoms with Gasteiger partial charge in [0, 0.05) is 0 Å². The van der Waals surface area contributed by atoms with E-state index in [-0.39, 0.29) is 26.2 Å². The second-order valence-corrected chi connectivity index (χ2v) is 2.36. The zero-order valence-electron chi connectivity index (χ0n) is 6.49. The quantitative estimate of drug-likeness (QED) is 0.348. The molecule has 0 unspecified atom stereocenters. The van der Waals surface area contributed by atoms with Crippen molar-refractivity contribution in [2.45, 2.75) is 0 Å². The maximum Gasteiger partial charge on any atom is 0.359 e. The van der Waals surface area contributed by atoms with Crippen LogP contribution in [-0.2, 0) is 9.59 Å². The first-order valence-corrected chi connectivity index (χ1v) is 3.44. The second kappa shape index (κ2) is 5.50. The van der Waals surface area contributed by atoms with Crippen LogP contribution in [0.1, 0.15) is 0 Å². The summed E-state index contributed by atoms with van der Waals surface area (Å²) in [4.78, 5) is 20.7. The third kappa shape index (κ3) is 5.63. The predicted molar refractivity (Wildman–Crippen MR) is 37.9 cm³/mol. The molecule has 0 saturated heterocycles. The van der Waals surface area contributed by atoms with Gasteiger partial charge in [0.1, 0.15) is 6.54 Å². The number of aliphatic carboxylic acids is 2. The van der Waals surface area contributed by atoms with Crippen molar-refractivity contribution in [2.75, 3.05) is 26.2 Å². The minimum Gasteiger partial charge on any atom is -0.477 e. The summed E-state index contributed by atoms with van der Waals surface area (Å²) in [7, 11) is 0. The van der Waals surface area contributed by atoms with Gasteiger partial charge < -0.3 is 20.2 Å². The maximum atomic E-state index is 10.2. The van der Waals surface area contributed by atoms with Crippen molar-refractivity contribution in [1.29, 1.82) is 0 Å². The average Bonchev–Trinajstić information content (AvgIpc) is 1.84. The Bertz CT molecular complexity index is 153. The average molecular weight is 178 g/mol. The van der Waals surface area contributed by atoms with Crippen LogP contribution in [0.4, 0.5) is 0 Å². The van der Waals surface area contributed by atoms with E-state index >= 15 is 0 Å². The molecular formula is C6H12NO5+. The SMILES string of the molecule is O=C(O)C[NH+](CCO)CC(=O)O. The summed E-state index contributed by atoms with van der Waals surface area (Å²) >= 11 is 0. The third-order valence-electron chi connectivity index (χ3n) is 1.27. The topological polar surface area (TPSA) is 99.3 Å². The van der Waals surface area contributed by atoms with Crippen LogP contribution < -0.4 is 4.90 Å². The molecule has 4 N–H and O–H groups in total. The van der Waals surface area contributed by atoms with Crippen molar-refractivity contribution in [2.24, 2.45) is 0 Å². The minimum absolute atomic E-state index is 0.137. The molecule has 0 heterocycles. The van der Waals surface area contributed by atoms with E-state index in [0.29, 0.717) is 4.90 Å². The van der Waals surface area contributed by atoms with Gasteiger partial charge in [-0.05, 0) is 0 Å². The molecule has 0 bridgehead atoms. The van der Waals surface area contributed by atoms with Gasteiger partial charge >= 0.3 is 11.9 Å². The number of aliphatic hydroxyl groups excluding tert-OH is 1. The fraction of sp³-hybridized carbons (Fsp3) is 0.667. The molecule has 0 aromatic carbocycles. The van der Waals surface area contributed by atoms with E-state index in [9.17, 15) is 9.59 Å². The molecule has 70 valence electrons. The van der Waals surface area contributed by atoms with Crippen LogP contribution in [0, 0.1) is 0 Å². The summed E-state index contributed by atoms with van der Waals surface area (Å²) in [6.45, 7) is -0.645. The third-order valence-corrected chi connectivity index (χ3v) is 1.27. The molecule has 0 aromatic rings. The summed E-state index contributed by atoms with van der Waals surface area (Å²) in [5.41, 5.74) is 0. The first kappa shape index (κ1) is 10.9. The Hall–Kier alpha value is -1.14. The number of carboxylic acids is 2. The molecular weight excluding hydrogens is 166 g/mol. The molecule has 0 fully saturated rings. The normalized spacial score (nSPS) is 10.2. The molecule has 6 nitrogen and oxygen atoms in total. The van der Waals surface area contributed by atoms with E-state index < -0.39 is 11.9 Å². The van der Waals surface area contributed by atoms with Crippen molar-refractivity contribution in [3.05, 3.63) is 0 Å². The zero-order valence-corrected chi connectivity index (χ0v) is 6.49. The number of rotatable bonds is 6. The molecule has 0 amide bonds. The molecule has 0 saturated carbocycles. The molecule has 0 atom stereocenters. The molecule has 0 radical (unpaired) electrons.